The fourth-order valence-electron chi connectivity index (χ4n) is 3.94. The van der Waals surface area contributed by atoms with E-state index in [0.717, 1.165) is 37.2 Å². The molecular formula is C21H27ClN2O2. The highest BCUT2D eigenvalue weighted by Crippen LogP contribution is 2.37. The van der Waals surface area contributed by atoms with E-state index in [4.69, 9.17) is 11.6 Å². The van der Waals surface area contributed by atoms with Gasteiger partial charge in [-0.2, -0.15) is 0 Å². The Morgan fingerprint density at radius 1 is 1.27 bits per heavy atom. The second-order valence-corrected chi connectivity index (χ2v) is 7.68. The van der Waals surface area contributed by atoms with E-state index >= 15 is 0 Å². The number of hydrogen-bond donors (Lipinski definition) is 1. The molecule has 1 aliphatic heterocycles. The lowest BCUT2D eigenvalue weighted by atomic mass is 9.92. The number of likely N-dealkylation sites (tertiary alicyclic amines) is 1. The van der Waals surface area contributed by atoms with E-state index in [0.29, 0.717) is 23.0 Å². The normalized spacial score (nSPS) is 17.4. The topological polar surface area (TPSA) is 45.5 Å². The predicted octanol–water partition coefficient (Wildman–Crippen LogP) is 4.36. The summed E-state index contributed by atoms with van der Waals surface area (Å²) in [5.41, 5.74) is 1.94. The van der Waals surface area contributed by atoms with Crippen LogP contribution in [-0.4, -0.2) is 27.7 Å². The average Bonchev–Trinajstić information content (AvgIpc) is 2.61. The van der Waals surface area contributed by atoms with Crippen LogP contribution in [0.2, 0.25) is 5.02 Å². The van der Waals surface area contributed by atoms with Crippen LogP contribution >= 0.6 is 11.6 Å². The van der Waals surface area contributed by atoms with Crippen LogP contribution < -0.4 is 5.56 Å². The van der Waals surface area contributed by atoms with Crippen LogP contribution in [0.15, 0.2) is 35.1 Å². The molecule has 0 amide bonds. The molecule has 0 radical (unpaired) electrons. The number of pyridine rings is 1. The van der Waals surface area contributed by atoms with Crippen molar-refractivity contribution in [1.82, 2.24) is 9.47 Å². The van der Waals surface area contributed by atoms with Crippen LogP contribution in [0.3, 0.4) is 0 Å². The van der Waals surface area contributed by atoms with E-state index in [1.54, 1.807) is 10.6 Å². The number of aryl methyl sites for hydroxylation is 1. The number of halogens is 1. The first kappa shape index (κ1) is 19.0. The Balaban J connectivity index is 2.19. The molecule has 1 saturated heterocycles. The Morgan fingerprint density at radius 2 is 1.92 bits per heavy atom. The summed E-state index contributed by atoms with van der Waals surface area (Å²) in [5.74, 6) is 0.734. The SMILES string of the molecule is CCn1c(C)cc(O)c([C@@H](c2ccccc2Cl)N2CCC(C)CC2)c1=O. The quantitative estimate of drug-likeness (QED) is 0.864. The predicted molar refractivity (Wildman–Crippen MR) is 106 cm³/mol. The van der Waals surface area contributed by atoms with Crippen LogP contribution in [0.1, 0.15) is 49.6 Å². The van der Waals surface area contributed by atoms with Crippen LogP contribution in [0, 0.1) is 12.8 Å². The van der Waals surface area contributed by atoms with Crippen LogP contribution in [0.25, 0.3) is 0 Å². The lowest BCUT2D eigenvalue weighted by molar-refractivity contribution is 0.155. The standard InChI is InChI=1S/C21H27ClN2O2/c1-4-24-15(3)13-18(25)19(21(24)26)20(16-7-5-6-8-17(16)22)23-11-9-14(2)10-12-23/h5-8,13-14,20,25H,4,9-12H2,1-3H3/t20-/m1/s1. The molecule has 0 unspecified atom stereocenters. The molecule has 2 aromatic rings. The monoisotopic (exact) mass is 374 g/mol. The largest absolute Gasteiger partial charge is 0.507 e. The molecule has 1 fully saturated rings. The highest BCUT2D eigenvalue weighted by atomic mass is 35.5. The first-order valence-corrected chi connectivity index (χ1v) is 9.73. The Bertz CT molecular complexity index is 838. The highest BCUT2D eigenvalue weighted by molar-refractivity contribution is 6.31. The van der Waals surface area contributed by atoms with Crippen molar-refractivity contribution in [3.05, 3.63) is 62.5 Å². The third kappa shape index (κ3) is 3.53. The molecule has 140 valence electrons. The fraction of sp³-hybridized carbons (Fsp3) is 0.476. The molecule has 2 heterocycles. The summed E-state index contributed by atoms with van der Waals surface area (Å²) in [5, 5.41) is 11.3. The lowest BCUT2D eigenvalue weighted by Gasteiger charge is -2.37. The van der Waals surface area contributed by atoms with Gasteiger partial charge in [0.05, 0.1) is 11.6 Å². The number of piperidine rings is 1. The molecule has 3 rings (SSSR count). The molecule has 1 atom stereocenters. The summed E-state index contributed by atoms with van der Waals surface area (Å²) in [4.78, 5) is 15.5. The van der Waals surface area contributed by atoms with Gasteiger partial charge in [-0.05, 0) is 63.4 Å². The Labute approximate surface area is 160 Å². The molecule has 1 aromatic heterocycles. The van der Waals surface area contributed by atoms with E-state index in [2.05, 4.69) is 11.8 Å². The van der Waals surface area contributed by atoms with Crippen LogP contribution in [0.4, 0.5) is 0 Å². The van der Waals surface area contributed by atoms with E-state index in [-0.39, 0.29) is 17.4 Å². The van der Waals surface area contributed by atoms with Crippen molar-refractivity contribution >= 4 is 11.6 Å². The first-order chi connectivity index (χ1) is 12.4. The smallest absolute Gasteiger partial charge is 0.259 e. The van der Waals surface area contributed by atoms with Crippen molar-refractivity contribution in [2.45, 2.75) is 46.2 Å². The van der Waals surface area contributed by atoms with Crippen molar-refractivity contribution < 1.29 is 5.11 Å². The number of benzene rings is 1. The molecule has 0 bridgehead atoms. The zero-order valence-corrected chi connectivity index (χ0v) is 16.5. The van der Waals surface area contributed by atoms with Gasteiger partial charge in [-0.15, -0.1) is 0 Å². The third-order valence-electron chi connectivity index (χ3n) is 5.50. The van der Waals surface area contributed by atoms with Crippen molar-refractivity contribution in [3.8, 4) is 5.75 Å². The summed E-state index contributed by atoms with van der Waals surface area (Å²) >= 11 is 6.51. The molecule has 0 aliphatic carbocycles. The van der Waals surface area contributed by atoms with Crippen molar-refractivity contribution in [1.29, 1.82) is 0 Å². The van der Waals surface area contributed by atoms with E-state index in [1.165, 1.54) is 0 Å². The molecular weight excluding hydrogens is 348 g/mol. The zero-order chi connectivity index (χ0) is 18.8. The number of aromatic nitrogens is 1. The van der Waals surface area contributed by atoms with Gasteiger partial charge in [0, 0.05) is 17.3 Å². The van der Waals surface area contributed by atoms with Gasteiger partial charge in [0.2, 0.25) is 0 Å². The zero-order valence-electron chi connectivity index (χ0n) is 15.7. The van der Waals surface area contributed by atoms with Gasteiger partial charge in [-0.3, -0.25) is 9.69 Å². The number of aromatic hydroxyl groups is 1. The van der Waals surface area contributed by atoms with Gasteiger partial charge in [0.1, 0.15) is 5.75 Å². The molecule has 4 nitrogen and oxygen atoms in total. The van der Waals surface area contributed by atoms with E-state index in [1.807, 2.05) is 38.1 Å². The minimum absolute atomic E-state index is 0.0562. The highest BCUT2D eigenvalue weighted by Gasteiger charge is 2.32. The maximum atomic E-state index is 13.2. The fourth-order valence-corrected chi connectivity index (χ4v) is 4.18. The lowest BCUT2D eigenvalue weighted by Crippen LogP contribution is -2.40. The second-order valence-electron chi connectivity index (χ2n) is 7.28. The molecule has 26 heavy (non-hydrogen) atoms. The summed E-state index contributed by atoms with van der Waals surface area (Å²) in [6.07, 6.45) is 2.16. The molecule has 0 spiro atoms. The second kappa shape index (κ2) is 7.85. The van der Waals surface area contributed by atoms with Crippen LogP contribution in [-0.2, 0) is 6.54 Å². The average molecular weight is 375 g/mol. The minimum atomic E-state index is -0.331. The molecule has 1 aromatic carbocycles. The maximum Gasteiger partial charge on any atom is 0.259 e. The number of hydrogen-bond acceptors (Lipinski definition) is 3. The van der Waals surface area contributed by atoms with Crippen molar-refractivity contribution in [2.24, 2.45) is 5.92 Å². The van der Waals surface area contributed by atoms with Crippen LogP contribution in [0.5, 0.6) is 5.75 Å². The molecule has 1 aliphatic rings. The third-order valence-corrected chi connectivity index (χ3v) is 5.84. The Hall–Kier alpha value is -1.78. The number of nitrogens with zero attached hydrogens (tertiary/aromatic N) is 2. The number of rotatable bonds is 4. The van der Waals surface area contributed by atoms with Gasteiger partial charge >= 0.3 is 0 Å². The van der Waals surface area contributed by atoms with Gasteiger partial charge in [-0.25, -0.2) is 0 Å². The van der Waals surface area contributed by atoms with Gasteiger partial charge < -0.3 is 9.67 Å². The van der Waals surface area contributed by atoms with Crippen molar-refractivity contribution in [2.75, 3.05) is 13.1 Å². The summed E-state index contributed by atoms with van der Waals surface area (Å²) < 4.78 is 1.71. The Morgan fingerprint density at radius 3 is 2.54 bits per heavy atom. The summed E-state index contributed by atoms with van der Waals surface area (Å²) in [7, 11) is 0. The molecule has 0 saturated carbocycles. The van der Waals surface area contributed by atoms with E-state index in [9.17, 15) is 9.90 Å². The minimum Gasteiger partial charge on any atom is -0.507 e. The Kier molecular flexibility index (Phi) is 5.73. The summed E-state index contributed by atoms with van der Waals surface area (Å²) in [6.45, 7) is 8.40. The first-order valence-electron chi connectivity index (χ1n) is 9.35. The summed E-state index contributed by atoms with van der Waals surface area (Å²) in [6, 6.07) is 8.99. The van der Waals surface area contributed by atoms with E-state index < -0.39 is 0 Å². The van der Waals surface area contributed by atoms with Gasteiger partial charge in [-0.1, -0.05) is 36.7 Å². The van der Waals surface area contributed by atoms with Gasteiger partial charge in [0.15, 0.2) is 0 Å². The molecule has 1 N–H and O–H groups in total. The maximum absolute atomic E-state index is 13.2. The van der Waals surface area contributed by atoms with Gasteiger partial charge in [0.25, 0.3) is 5.56 Å². The molecule has 5 heteroatoms. The van der Waals surface area contributed by atoms with Crippen molar-refractivity contribution in [3.63, 3.8) is 0 Å².